The van der Waals surface area contributed by atoms with Gasteiger partial charge in [0.15, 0.2) is 0 Å². The minimum absolute atomic E-state index is 0. The Balaban J connectivity index is -0.00000000615. The average molecular weight is 402 g/mol. The van der Waals surface area contributed by atoms with Crippen molar-refractivity contribution in [2.45, 2.75) is 0 Å². The molecule has 18 heteroatoms. The van der Waals surface area contributed by atoms with E-state index in [0.717, 1.165) is 0 Å². The van der Waals surface area contributed by atoms with Crippen molar-refractivity contribution >= 4 is 30.6 Å². The molecule has 0 rings (SSSR count). The van der Waals surface area contributed by atoms with Crippen molar-refractivity contribution in [1.29, 1.82) is 0 Å². The molecule has 0 radical (unpaired) electrons. The third kappa shape index (κ3) is 918. The zero-order chi connectivity index (χ0) is 9.00. The quantitative estimate of drug-likeness (QED) is 0.289. The fourth-order valence-corrected chi connectivity index (χ4v) is 0. The third-order valence-corrected chi connectivity index (χ3v) is 0. The Kier molecular flexibility index (Phi) is 125. The first-order valence-corrected chi connectivity index (χ1v) is 5.10. The SMILES string of the molecule is O.O.O.O.O.O=S(=O)(O)O.O=S([O-])([O-])=S.[Fe].[Na+].[Na+]. The van der Waals surface area contributed by atoms with Gasteiger partial charge in [-0.1, -0.05) is 0 Å². The molecule has 0 amide bonds. The topological polar surface area (TPSA) is 295 Å². The van der Waals surface area contributed by atoms with Gasteiger partial charge in [0.2, 0.25) is 0 Å². The summed E-state index contributed by atoms with van der Waals surface area (Å²) in [6.45, 7) is 0. The first-order valence-electron chi connectivity index (χ1n) is 1.37. The van der Waals surface area contributed by atoms with Gasteiger partial charge in [-0.25, -0.2) is 0 Å². The third-order valence-electron chi connectivity index (χ3n) is 0. The summed E-state index contributed by atoms with van der Waals surface area (Å²) < 4.78 is 58.3. The van der Waals surface area contributed by atoms with Crippen molar-refractivity contribution in [2.75, 3.05) is 0 Å². The van der Waals surface area contributed by atoms with Crippen LogP contribution < -0.4 is 59.1 Å². The molecule has 112 valence electrons. The zero-order valence-electron chi connectivity index (χ0n) is 9.01. The predicted molar refractivity (Wildman–Crippen MR) is 49.3 cm³/mol. The molecule has 0 aromatic carbocycles. The summed E-state index contributed by atoms with van der Waals surface area (Å²) in [6, 6.07) is 0. The Labute approximate surface area is 163 Å². The molecule has 0 aromatic rings. The van der Waals surface area contributed by atoms with Crippen LogP contribution in [0.5, 0.6) is 0 Å². The van der Waals surface area contributed by atoms with Gasteiger partial charge in [-0.15, -0.1) is 9.05 Å². The van der Waals surface area contributed by atoms with E-state index in [0.29, 0.717) is 0 Å². The minimum atomic E-state index is -4.67. The van der Waals surface area contributed by atoms with Crippen molar-refractivity contribution in [1.82, 2.24) is 0 Å². The fraction of sp³-hybridized carbons (Fsp3) is 0. The van der Waals surface area contributed by atoms with Crippen molar-refractivity contribution in [3.8, 4) is 0 Å². The van der Waals surface area contributed by atoms with Crippen LogP contribution in [0, 0.1) is 0 Å². The van der Waals surface area contributed by atoms with Crippen LogP contribution in [0.1, 0.15) is 0 Å². The van der Waals surface area contributed by atoms with Gasteiger partial charge in [-0.2, -0.15) is 8.42 Å². The van der Waals surface area contributed by atoms with Gasteiger partial charge < -0.3 is 36.5 Å². The number of hydrogen-bond acceptors (Lipinski definition) is 6. The monoisotopic (exact) mass is 402 g/mol. The summed E-state index contributed by atoms with van der Waals surface area (Å²) >= 11 is 3.24. The van der Waals surface area contributed by atoms with E-state index in [2.05, 4.69) is 11.2 Å². The van der Waals surface area contributed by atoms with Gasteiger partial charge in [-0.3, -0.25) is 13.3 Å². The summed E-state index contributed by atoms with van der Waals surface area (Å²) in [7, 11) is -9.00. The van der Waals surface area contributed by atoms with E-state index in [-0.39, 0.29) is 104 Å². The summed E-state index contributed by atoms with van der Waals surface area (Å²) in [4.78, 5) is 0. The van der Waals surface area contributed by atoms with Gasteiger partial charge in [-0.05, 0) is 11.2 Å². The molecular weight excluding hydrogens is 390 g/mol. The minimum Gasteiger partial charge on any atom is -0.780 e. The van der Waals surface area contributed by atoms with Gasteiger partial charge in [0, 0.05) is 17.1 Å². The summed E-state index contributed by atoms with van der Waals surface area (Å²) in [5.41, 5.74) is 0. The molecule has 0 spiro atoms. The smallest absolute Gasteiger partial charge is 0.780 e. The van der Waals surface area contributed by atoms with Crippen molar-refractivity contribution in [3.05, 3.63) is 0 Å². The van der Waals surface area contributed by atoms with Crippen LogP contribution >= 0.6 is 0 Å². The molecule has 0 heterocycles. The van der Waals surface area contributed by atoms with Crippen LogP contribution in [0.3, 0.4) is 0 Å². The molecule has 12 N–H and O–H groups in total. The zero-order valence-corrected chi connectivity index (χ0v) is 16.6. The molecule has 0 saturated heterocycles. The van der Waals surface area contributed by atoms with Crippen LogP contribution in [0.15, 0.2) is 0 Å². The molecule has 18 heavy (non-hydrogen) atoms. The van der Waals surface area contributed by atoms with Crippen LogP contribution in [0.2, 0.25) is 0 Å². The van der Waals surface area contributed by atoms with Gasteiger partial charge in [0.1, 0.15) is 0 Å². The van der Waals surface area contributed by atoms with E-state index in [1.165, 1.54) is 0 Å². The van der Waals surface area contributed by atoms with Crippen molar-refractivity contribution in [2.24, 2.45) is 0 Å². The maximum atomic E-state index is 8.89. The van der Waals surface area contributed by atoms with E-state index in [1.54, 1.807) is 0 Å². The molecule has 0 saturated carbocycles. The average Bonchev–Trinajstić information content (AvgIpc) is 1.12. The van der Waals surface area contributed by atoms with Gasteiger partial charge in [0.25, 0.3) is 0 Å². The Morgan fingerprint density at radius 2 is 0.778 bits per heavy atom. The second-order valence-electron chi connectivity index (χ2n) is 0.856. The number of rotatable bonds is 0. The summed E-state index contributed by atoms with van der Waals surface area (Å²) in [5.74, 6) is 0. The Morgan fingerprint density at radius 1 is 0.778 bits per heavy atom. The van der Waals surface area contributed by atoms with Gasteiger partial charge >= 0.3 is 69.5 Å². The van der Waals surface area contributed by atoms with Gasteiger partial charge in [0.05, 0.1) is 0 Å². The summed E-state index contributed by atoms with van der Waals surface area (Å²) in [5, 5.41) is 0. The molecule has 0 aliphatic heterocycles. The Bertz CT molecular complexity index is 222. The number of hydrogen-bond donors (Lipinski definition) is 2. The van der Waals surface area contributed by atoms with Crippen molar-refractivity contribution in [3.63, 3.8) is 0 Å². The maximum absolute atomic E-state index is 8.89. The van der Waals surface area contributed by atoms with E-state index in [4.69, 9.17) is 30.8 Å². The van der Waals surface area contributed by atoms with Crippen LogP contribution in [-0.2, 0) is 47.7 Å². The largest absolute Gasteiger partial charge is 1.00 e. The van der Waals surface area contributed by atoms with E-state index in [9.17, 15) is 0 Å². The Morgan fingerprint density at radius 3 is 0.778 bits per heavy atom. The molecule has 0 atom stereocenters. The van der Waals surface area contributed by atoms with Crippen molar-refractivity contribution < 1.29 is 134 Å². The van der Waals surface area contributed by atoms with Crippen LogP contribution in [-0.4, -0.2) is 58.2 Å². The normalized spacial score (nSPS) is 6.44. The second kappa shape index (κ2) is 31.7. The molecule has 0 unspecified atom stereocenters. The molecular formula is H12FeNa2O12S3. The molecule has 0 aliphatic rings. The Hall–Kier alpha value is 2.48. The standard InChI is InChI=1S/Fe.2Na.H2O4S.H2O3S2.5H2O/c;;;2*1-5(2,3)4;;;;;/h;;;2*(H2,1,2,3,4);5*1H2/q;2*+1;;;;;;;/p-2. The van der Waals surface area contributed by atoms with E-state index < -0.39 is 19.5 Å². The molecule has 12 nitrogen and oxygen atoms in total. The van der Waals surface area contributed by atoms with Crippen LogP contribution in [0.25, 0.3) is 0 Å². The fourth-order valence-electron chi connectivity index (χ4n) is 0. The molecule has 0 aromatic heterocycles. The molecule has 0 fully saturated rings. The first-order chi connectivity index (χ1) is 4.00. The summed E-state index contributed by atoms with van der Waals surface area (Å²) in [6.07, 6.45) is 0. The molecule has 0 aliphatic carbocycles. The van der Waals surface area contributed by atoms with E-state index in [1.807, 2.05) is 0 Å². The second-order valence-corrected chi connectivity index (χ2v) is 3.79. The molecule has 0 bridgehead atoms. The van der Waals surface area contributed by atoms with E-state index >= 15 is 0 Å². The predicted octanol–water partition coefficient (Wildman–Crippen LogP) is -11.8. The maximum Gasteiger partial charge on any atom is 1.00 e. The van der Waals surface area contributed by atoms with Crippen LogP contribution in [0.4, 0.5) is 0 Å². The first kappa shape index (κ1) is 70.8.